The molecule has 30 heavy (non-hydrogen) atoms. The number of nitrogens with one attached hydrogen (secondary N) is 3. The lowest BCUT2D eigenvalue weighted by atomic mass is 10.1. The molecule has 13 heteroatoms. The molecule has 3 amide bonds. The number of rotatable bonds is 15. The number of nitrogens with zero attached hydrogens (tertiary/aromatic N) is 2. The monoisotopic (exact) mass is 427 g/mol. The second-order valence-electron chi connectivity index (χ2n) is 6.50. The molecule has 0 bridgehead atoms. The van der Waals surface area contributed by atoms with E-state index in [1.54, 1.807) is 0 Å². The molecule has 0 aliphatic rings. The standard InChI is InChI=1S/C17H33N9O4/c1-11(28)25-13(5-3-8-24-17(20)21)15(30)22-9-6-14(29)26-12(10-27)4-2-7-23-16(18)19/h10,12-13H,2-9H2,1H3,(H,22,30)(H,25,28)(H,26,29)(H4,18,19,23)(H4,20,21,24)/t12-,13+/m0/s1. The lowest BCUT2D eigenvalue weighted by molar-refractivity contribution is -0.128. The minimum Gasteiger partial charge on any atom is -0.370 e. The highest BCUT2D eigenvalue weighted by molar-refractivity contribution is 5.87. The van der Waals surface area contributed by atoms with E-state index in [1.807, 2.05) is 0 Å². The third-order valence-corrected chi connectivity index (χ3v) is 3.77. The van der Waals surface area contributed by atoms with E-state index in [2.05, 4.69) is 25.9 Å². The van der Waals surface area contributed by atoms with Crippen molar-refractivity contribution in [2.75, 3.05) is 19.6 Å². The minimum absolute atomic E-state index is 0.0230. The second kappa shape index (κ2) is 15.5. The van der Waals surface area contributed by atoms with E-state index in [0.29, 0.717) is 45.1 Å². The first-order chi connectivity index (χ1) is 14.1. The van der Waals surface area contributed by atoms with Gasteiger partial charge in [-0.15, -0.1) is 0 Å². The fourth-order valence-electron chi connectivity index (χ4n) is 2.41. The highest BCUT2D eigenvalue weighted by Crippen LogP contribution is 2.00. The largest absolute Gasteiger partial charge is 0.370 e. The quantitative estimate of drug-likeness (QED) is 0.0606. The van der Waals surface area contributed by atoms with Gasteiger partial charge in [-0.05, 0) is 25.7 Å². The van der Waals surface area contributed by atoms with Gasteiger partial charge in [0.05, 0.1) is 6.04 Å². The Labute approximate surface area is 175 Å². The van der Waals surface area contributed by atoms with Crippen molar-refractivity contribution < 1.29 is 19.2 Å². The Morgan fingerprint density at radius 2 is 1.50 bits per heavy atom. The first-order valence-electron chi connectivity index (χ1n) is 9.56. The topological polar surface area (TPSA) is 233 Å². The fraction of sp³-hybridized carbons (Fsp3) is 0.647. The van der Waals surface area contributed by atoms with Crippen molar-refractivity contribution in [2.24, 2.45) is 32.9 Å². The van der Waals surface area contributed by atoms with Crippen molar-refractivity contribution in [3.05, 3.63) is 0 Å². The van der Waals surface area contributed by atoms with Gasteiger partial charge in [-0.1, -0.05) is 0 Å². The highest BCUT2D eigenvalue weighted by Gasteiger charge is 2.19. The maximum absolute atomic E-state index is 12.3. The molecular formula is C17H33N9O4. The van der Waals surface area contributed by atoms with Crippen LogP contribution in [0.2, 0.25) is 0 Å². The molecule has 0 aliphatic carbocycles. The molecule has 0 heterocycles. The summed E-state index contributed by atoms with van der Waals surface area (Å²) in [5.41, 5.74) is 20.9. The Balaban J connectivity index is 4.34. The predicted octanol–water partition coefficient (Wildman–Crippen LogP) is -3.21. The van der Waals surface area contributed by atoms with Crippen LogP contribution in [0.5, 0.6) is 0 Å². The van der Waals surface area contributed by atoms with Gasteiger partial charge in [-0.2, -0.15) is 0 Å². The number of carbonyl (C=O) groups is 4. The number of carbonyl (C=O) groups excluding carboxylic acids is 4. The third-order valence-electron chi connectivity index (χ3n) is 3.77. The van der Waals surface area contributed by atoms with Crippen LogP contribution >= 0.6 is 0 Å². The van der Waals surface area contributed by atoms with Gasteiger partial charge in [-0.25, -0.2) is 0 Å². The molecule has 0 unspecified atom stereocenters. The van der Waals surface area contributed by atoms with Crippen LogP contribution in [0.1, 0.15) is 39.0 Å². The molecule has 0 spiro atoms. The van der Waals surface area contributed by atoms with Crippen LogP contribution in [0.25, 0.3) is 0 Å². The summed E-state index contributed by atoms with van der Waals surface area (Å²) in [4.78, 5) is 54.2. The summed E-state index contributed by atoms with van der Waals surface area (Å²) >= 11 is 0. The first-order valence-corrected chi connectivity index (χ1v) is 9.56. The zero-order chi connectivity index (χ0) is 22.9. The van der Waals surface area contributed by atoms with Gasteiger partial charge in [-0.3, -0.25) is 24.4 Å². The van der Waals surface area contributed by atoms with Gasteiger partial charge < -0.3 is 43.7 Å². The SMILES string of the molecule is CC(=O)N[C@H](CCCN=C(N)N)C(=O)NCCC(=O)N[C@H](C=O)CCCN=C(N)N. The van der Waals surface area contributed by atoms with E-state index in [1.165, 1.54) is 6.92 Å². The first kappa shape index (κ1) is 26.6. The van der Waals surface area contributed by atoms with Gasteiger partial charge >= 0.3 is 0 Å². The van der Waals surface area contributed by atoms with E-state index < -0.39 is 23.9 Å². The summed E-state index contributed by atoms with van der Waals surface area (Å²) in [5, 5.41) is 7.70. The van der Waals surface area contributed by atoms with Crippen LogP contribution in [0.3, 0.4) is 0 Å². The molecule has 0 aromatic heterocycles. The van der Waals surface area contributed by atoms with E-state index in [-0.39, 0.29) is 30.8 Å². The Hall–Kier alpha value is -3.38. The van der Waals surface area contributed by atoms with Gasteiger partial charge in [0.25, 0.3) is 0 Å². The minimum atomic E-state index is -0.766. The summed E-state index contributed by atoms with van der Waals surface area (Å²) in [6.07, 6.45) is 2.34. The van der Waals surface area contributed by atoms with Gasteiger partial charge in [0.1, 0.15) is 12.3 Å². The molecule has 0 fully saturated rings. The number of hydrogen-bond donors (Lipinski definition) is 7. The molecule has 170 valence electrons. The maximum atomic E-state index is 12.3. The normalized spacial score (nSPS) is 12.0. The van der Waals surface area contributed by atoms with E-state index in [9.17, 15) is 19.2 Å². The zero-order valence-electron chi connectivity index (χ0n) is 17.2. The van der Waals surface area contributed by atoms with Gasteiger partial charge in [0, 0.05) is 33.0 Å². The molecule has 0 saturated heterocycles. The fourth-order valence-corrected chi connectivity index (χ4v) is 2.41. The lowest BCUT2D eigenvalue weighted by Gasteiger charge is -2.17. The van der Waals surface area contributed by atoms with Crippen LogP contribution in [-0.4, -0.2) is 67.6 Å². The van der Waals surface area contributed by atoms with Crippen LogP contribution in [0.15, 0.2) is 9.98 Å². The number of hydrogen-bond acceptors (Lipinski definition) is 6. The van der Waals surface area contributed by atoms with E-state index in [4.69, 9.17) is 22.9 Å². The van der Waals surface area contributed by atoms with Crippen molar-refractivity contribution in [1.82, 2.24) is 16.0 Å². The molecule has 13 nitrogen and oxygen atoms in total. The molecule has 11 N–H and O–H groups in total. The Morgan fingerprint density at radius 1 is 0.933 bits per heavy atom. The van der Waals surface area contributed by atoms with Gasteiger partial charge in [0.15, 0.2) is 11.9 Å². The van der Waals surface area contributed by atoms with Crippen molar-refractivity contribution in [3.8, 4) is 0 Å². The number of aldehydes is 1. The Bertz CT molecular complexity index is 629. The Morgan fingerprint density at radius 3 is 2.00 bits per heavy atom. The van der Waals surface area contributed by atoms with Crippen LogP contribution in [-0.2, 0) is 19.2 Å². The lowest BCUT2D eigenvalue weighted by Crippen LogP contribution is -2.47. The number of amides is 3. The smallest absolute Gasteiger partial charge is 0.242 e. The molecule has 2 atom stereocenters. The van der Waals surface area contributed by atoms with Crippen LogP contribution < -0.4 is 38.9 Å². The Kier molecular flexibility index (Phi) is 13.8. The highest BCUT2D eigenvalue weighted by atomic mass is 16.2. The summed E-state index contributed by atoms with van der Waals surface area (Å²) in [5.74, 6) is -1.26. The molecule has 0 aromatic rings. The van der Waals surface area contributed by atoms with Crippen LogP contribution in [0, 0.1) is 0 Å². The van der Waals surface area contributed by atoms with Crippen molar-refractivity contribution in [2.45, 2.75) is 51.1 Å². The molecule has 0 aliphatic heterocycles. The average molecular weight is 428 g/mol. The molecular weight excluding hydrogens is 394 g/mol. The molecule has 0 aromatic carbocycles. The summed E-state index contributed by atoms with van der Waals surface area (Å²) in [7, 11) is 0. The average Bonchev–Trinajstić information content (AvgIpc) is 2.65. The van der Waals surface area contributed by atoms with E-state index in [0.717, 1.165) is 0 Å². The van der Waals surface area contributed by atoms with Crippen LogP contribution in [0.4, 0.5) is 0 Å². The molecule has 0 rings (SSSR count). The summed E-state index contributed by atoms with van der Waals surface area (Å²) < 4.78 is 0. The van der Waals surface area contributed by atoms with Crippen molar-refractivity contribution >= 4 is 35.9 Å². The molecule has 0 radical (unpaired) electrons. The summed E-state index contributed by atoms with van der Waals surface area (Å²) in [6.45, 7) is 2.03. The predicted molar refractivity (Wildman–Crippen MR) is 113 cm³/mol. The maximum Gasteiger partial charge on any atom is 0.242 e. The number of nitrogens with two attached hydrogens (primary N) is 4. The molecule has 0 saturated carbocycles. The second-order valence-corrected chi connectivity index (χ2v) is 6.50. The van der Waals surface area contributed by atoms with Gasteiger partial charge in [0.2, 0.25) is 17.7 Å². The summed E-state index contributed by atoms with van der Waals surface area (Å²) in [6, 6.07) is -1.43. The number of guanidine groups is 2. The third kappa shape index (κ3) is 14.6. The van der Waals surface area contributed by atoms with Crippen molar-refractivity contribution in [3.63, 3.8) is 0 Å². The van der Waals surface area contributed by atoms with E-state index >= 15 is 0 Å². The number of aliphatic imine (C=N–C) groups is 2. The van der Waals surface area contributed by atoms with Crippen molar-refractivity contribution in [1.29, 1.82) is 0 Å². The zero-order valence-corrected chi connectivity index (χ0v) is 17.2.